The summed E-state index contributed by atoms with van der Waals surface area (Å²) in [6.45, 7) is 2.42. The average Bonchev–Trinajstić information content (AvgIpc) is 2.95. The monoisotopic (exact) mass is 290 g/mol. The maximum Gasteiger partial charge on any atom is 0.239 e. The van der Waals surface area contributed by atoms with Crippen molar-refractivity contribution in [1.82, 2.24) is 9.88 Å². The normalized spacial score (nSPS) is 10.4. The van der Waals surface area contributed by atoms with Crippen molar-refractivity contribution >= 4 is 5.91 Å². The number of ether oxygens (including phenoxy) is 1. The van der Waals surface area contributed by atoms with E-state index < -0.39 is 0 Å². The molecule has 2 rings (SSSR count). The topological polar surface area (TPSA) is 73.5 Å². The van der Waals surface area contributed by atoms with Crippen LogP contribution in [0.4, 0.5) is 0 Å². The summed E-state index contributed by atoms with van der Waals surface area (Å²) in [7, 11) is 1.43. The van der Waals surface area contributed by atoms with E-state index in [1.54, 1.807) is 24.0 Å². The molecule has 0 aliphatic rings. The molecule has 1 N–H and O–H groups in total. The number of methoxy groups -OCH3 is 1. The quantitative estimate of drug-likeness (QED) is 0.865. The number of nitrogens with zero attached hydrogens (tertiary/aromatic N) is 1. The summed E-state index contributed by atoms with van der Waals surface area (Å²) in [5, 5.41) is 2.81. The van der Waals surface area contributed by atoms with Crippen LogP contribution in [0.15, 0.2) is 39.9 Å². The third-order valence-corrected chi connectivity index (χ3v) is 3.12. The Morgan fingerprint density at radius 1 is 1.48 bits per heavy atom. The van der Waals surface area contributed by atoms with Gasteiger partial charge in [-0.1, -0.05) is 0 Å². The van der Waals surface area contributed by atoms with Crippen molar-refractivity contribution in [2.24, 2.45) is 0 Å². The van der Waals surface area contributed by atoms with Gasteiger partial charge in [-0.05, 0) is 19.1 Å². The van der Waals surface area contributed by atoms with Crippen molar-refractivity contribution in [2.45, 2.75) is 19.9 Å². The van der Waals surface area contributed by atoms with Gasteiger partial charge in [-0.25, -0.2) is 0 Å². The van der Waals surface area contributed by atoms with Crippen LogP contribution in [0.2, 0.25) is 0 Å². The molecule has 0 radical (unpaired) electrons. The molecule has 0 atom stereocenters. The SMILES string of the molecule is COc1cn(CC(=O)NCCc2ccco2)c(C)cc1=O. The molecule has 2 heterocycles. The van der Waals surface area contributed by atoms with Gasteiger partial charge in [-0.15, -0.1) is 0 Å². The first-order chi connectivity index (χ1) is 10.1. The Labute approximate surface area is 122 Å². The minimum Gasteiger partial charge on any atom is -0.491 e. The first kappa shape index (κ1) is 14.9. The van der Waals surface area contributed by atoms with E-state index in [2.05, 4.69) is 5.32 Å². The smallest absolute Gasteiger partial charge is 0.239 e. The van der Waals surface area contributed by atoms with Gasteiger partial charge >= 0.3 is 0 Å². The molecule has 0 unspecified atom stereocenters. The molecule has 0 aromatic carbocycles. The Balaban J connectivity index is 1.91. The fourth-order valence-electron chi connectivity index (χ4n) is 1.96. The molecule has 0 saturated heterocycles. The zero-order valence-electron chi connectivity index (χ0n) is 12.1. The van der Waals surface area contributed by atoms with Crippen LogP contribution >= 0.6 is 0 Å². The molecule has 6 heteroatoms. The molecule has 0 aliphatic heterocycles. The maximum absolute atomic E-state index is 11.9. The van der Waals surface area contributed by atoms with Crippen LogP contribution in [-0.2, 0) is 17.8 Å². The van der Waals surface area contributed by atoms with E-state index in [0.29, 0.717) is 18.7 Å². The minimum atomic E-state index is -0.190. The molecule has 21 heavy (non-hydrogen) atoms. The van der Waals surface area contributed by atoms with Gasteiger partial charge in [0, 0.05) is 24.7 Å². The fraction of sp³-hybridized carbons (Fsp3) is 0.333. The molecule has 1 amide bonds. The van der Waals surface area contributed by atoms with Gasteiger partial charge in [0.1, 0.15) is 12.3 Å². The summed E-state index contributed by atoms with van der Waals surface area (Å²) in [5.41, 5.74) is 0.520. The number of aromatic nitrogens is 1. The highest BCUT2D eigenvalue weighted by atomic mass is 16.5. The Kier molecular flexibility index (Phi) is 4.81. The molecule has 0 spiro atoms. The molecule has 6 nitrogen and oxygen atoms in total. The van der Waals surface area contributed by atoms with E-state index >= 15 is 0 Å². The van der Waals surface area contributed by atoms with E-state index in [-0.39, 0.29) is 23.6 Å². The Bertz CT molecular complexity index is 659. The largest absolute Gasteiger partial charge is 0.491 e. The minimum absolute atomic E-state index is 0.129. The van der Waals surface area contributed by atoms with Crippen LogP contribution in [0.3, 0.4) is 0 Å². The summed E-state index contributed by atoms with van der Waals surface area (Å²) in [6, 6.07) is 5.13. The van der Waals surface area contributed by atoms with Crippen LogP contribution in [0.1, 0.15) is 11.5 Å². The number of hydrogen-bond donors (Lipinski definition) is 1. The van der Waals surface area contributed by atoms with Gasteiger partial charge in [0.25, 0.3) is 0 Å². The summed E-state index contributed by atoms with van der Waals surface area (Å²) in [5.74, 6) is 0.927. The summed E-state index contributed by atoms with van der Waals surface area (Å²) in [6.07, 6.45) is 3.79. The van der Waals surface area contributed by atoms with E-state index in [4.69, 9.17) is 9.15 Å². The van der Waals surface area contributed by atoms with Crippen molar-refractivity contribution < 1.29 is 13.9 Å². The molecule has 2 aromatic heterocycles. The van der Waals surface area contributed by atoms with Gasteiger partial charge in [0.2, 0.25) is 11.3 Å². The lowest BCUT2D eigenvalue weighted by molar-refractivity contribution is -0.121. The lowest BCUT2D eigenvalue weighted by Gasteiger charge is -2.12. The Morgan fingerprint density at radius 3 is 2.95 bits per heavy atom. The van der Waals surface area contributed by atoms with E-state index in [0.717, 1.165) is 5.76 Å². The zero-order chi connectivity index (χ0) is 15.2. The number of pyridine rings is 1. The van der Waals surface area contributed by atoms with Gasteiger partial charge in [-0.2, -0.15) is 0 Å². The molecule has 0 saturated carbocycles. The number of rotatable bonds is 6. The second-order valence-electron chi connectivity index (χ2n) is 4.65. The van der Waals surface area contributed by atoms with Crippen molar-refractivity contribution in [2.75, 3.05) is 13.7 Å². The average molecular weight is 290 g/mol. The second kappa shape index (κ2) is 6.78. The van der Waals surface area contributed by atoms with Gasteiger partial charge in [-0.3, -0.25) is 9.59 Å². The third kappa shape index (κ3) is 3.98. The first-order valence-corrected chi connectivity index (χ1v) is 6.64. The second-order valence-corrected chi connectivity index (χ2v) is 4.65. The predicted molar refractivity (Wildman–Crippen MR) is 77.4 cm³/mol. The van der Waals surface area contributed by atoms with Crippen molar-refractivity contribution in [3.05, 3.63) is 52.3 Å². The molecular weight excluding hydrogens is 272 g/mol. The van der Waals surface area contributed by atoms with Crippen LogP contribution in [0.5, 0.6) is 5.75 Å². The molecule has 0 fully saturated rings. The van der Waals surface area contributed by atoms with Crippen molar-refractivity contribution in [1.29, 1.82) is 0 Å². The number of furan rings is 1. The highest BCUT2D eigenvalue weighted by molar-refractivity contribution is 5.75. The number of amides is 1. The summed E-state index contributed by atoms with van der Waals surface area (Å²) < 4.78 is 11.8. The maximum atomic E-state index is 11.9. The van der Waals surface area contributed by atoms with E-state index in [9.17, 15) is 9.59 Å². The lowest BCUT2D eigenvalue weighted by atomic mass is 10.3. The van der Waals surface area contributed by atoms with Crippen LogP contribution < -0.4 is 15.5 Å². The standard InChI is InChI=1S/C15H18N2O4/c1-11-8-13(18)14(20-2)9-17(11)10-15(19)16-6-5-12-4-3-7-21-12/h3-4,7-9H,5-6,10H2,1-2H3,(H,16,19). The molecule has 2 aromatic rings. The fourth-order valence-corrected chi connectivity index (χ4v) is 1.96. The van der Waals surface area contributed by atoms with Crippen molar-refractivity contribution in [3.63, 3.8) is 0 Å². The highest BCUT2D eigenvalue weighted by Crippen LogP contribution is 2.05. The van der Waals surface area contributed by atoms with Gasteiger partial charge < -0.3 is 19.0 Å². The number of carbonyl (C=O) groups is 1. The molecule has 112 valence electrons. The van der Waals surface area contributed by atoms with Crippen LogP contribution in [0, 0.1) is 6.92 Å². The first-order valence-electron chi connectivity index (χ1n) is 6.64. The zero-order valence-corrected chi connectivity index (χ0v) is 12.1. The number of aryl methyl sites for hydroxylation is 1. The third-order valence-electron chi connectivity index (χ3n) is 3.12. The van der Waals surface area contributed by atoms with Crippen molar-refractivity contribution in [3.8, 4) is 5.75 Å². The Hall–Kier alpha value is -2.50. The summed E-state index contributed by atoms with van der Waals surface area (Å²) in [4.78, 5) is 23.5. The van der Waals surface area contributed by atoms with Gasteiger partial charge in [0.05, 0.1) is 19.6 Å². The number of hydrogen-bond acceptors (Lipinski definition) is 4. The van der Waals surface area contributed by atoms with E-state index in [1.807, 2.05) is 12.1 Å². The van der Waals surface area contributed by atoms with Crippen LogP contribution in [0.25, 0.3) is 0 Å². The number of nitrogens with one attached hydrogen (secondary N) is 1. The summed E-state index contributed by atoms with van der Waals surface area (Å²) >= 11 is 0. The van der Waals surface area contributed by atoms with E-state index in [1.165, 1.54) is 13.2 Å². The molecule has 0 aliphatic carbocycles. The molecular formula is C15H18N2O4. The van der Waals surface area contributed by atoms with Gasteiger partial charge in [0.15, 0.2) is 5.75 Å². The predicted octanol–water partition coefficient (Wildman–Crippen LogP) is 1.12. The number of carbonyl (C=O) groups excluding carboxylic acids is 1. The Morgan fingerprint density at radius 2 is 2.29 bits per heavy atom. The molecule has 0 bridgehead atoms. The lowest BCUT2D eigenvalue weighted by Crippen LogP contribution is -2.30. The highest BCUT2D eigenvalue weighted by Gasteiger charge is 2.08. The van der Waals surface area contributed by atoms with Crippen LogP contribution in [-0.4, -0.2) is 24.1 Å².